The molecule has 0 aromatic heterocycles. The van der Waals surface area contributed by atoms with Gasteiger partial charge >= 0.3 is 0 Å². The highest BCUT2D eigenvalue weighted by atomic mass is 14.9. The van der Waals surface area contributed by atoms with E-state index in [2.05, 4.69) is 33.0 Å². The summed E-state index contributed by atoms with van der Waals surface area (Å²) in [6, 6.07) is 0.794. The summed E-state index contributed by atoms with van der Waals surface area (Å²) in [7, 11) is 0. The van der Waals surface area contributed by atoms with E-state index in [1.165, 1.54) is 38.6 Å². The molecule has 0 aromatic carbocycles. The molecule has 0 aliphatic heterocycles. The van der Waals surface area contributed by atoms with Crippen molar-refractivity contribution in [2.45, 2.75) is 72.3 Å². The lowest BCUT2D eigenvalue weighted by molar-refractivity contribution is 0.183. The van der Waals surface area contributed by atoms with Crippen molar-refractivity contribution in [3.05, 3.63) is 0 Å². The molecule has 1 N–H and O–H groups in total. The van der Waals surface area contributed by atoms with E-state index in [-0.39, 0.29) is 0 Å². The molecule has 0 aromatic rings. The van der Waals surface area contributed by atoms with Crippen LogP contribution in [0, 0.1) is 29.6 Å². The number of hydrogen-bond acceptors (Lipinski definition) is 1. The summed E-state index contributed by atoms with van der Waals surface area (Å²) < 4.78 is 0. The summed E-state index contributed by atoms with van der Waals surface area (Å²) in [6.07, 6.45) is 8.77. The van der Waals surface area contributed by atoms with Crippen molar-refractivity contribution >= 4 is 0 Å². The summed E-state index contributed by atoms with van der Waals surface area (Å²) in [5.41, 5.74) is 0. The van der Waals surface area contributed by atoms with Crippen molar-refractivity contribution in [3.8, 4) is 0 Å². The molecule has 1 heteroatoms. The lowest BCUT2D eigenvalue weighted by Gasteiger charge is -2.36. The molecule has 0 radical (unpaired) electrons. The van der Waals surface area contributed by atoms with Gasteiger partial charge < -0.3 is 5.32 Å². The summed E-state index contributed by atoms with van der Waals surface area (Å²) >= 11 is 0. The molecule has 5 atom stereocenters. The molecule has 2 aliphatic rings. The van der Waals surface area contributed by atoms with E-state index >= 15 is 0 Å². The highest BCUT2D eigenvalue weighted by Gasteiger charge is 2.44. The van der Waals surface area contributed by atoms with E-state index in [4.69, 9.17) is 0 Å². The first-order chi connectivity index (χ1) is 8.61. The zero-order valence-corrected chi connectivity index (χ0v) is 12.9. The van der Waals surface area contributed by atoms with Gasteiger partial charge in [-0.1, -0.05) is 34.1 Å². The highest BCUT2D eigenvalue weighted by molar-refractivity contribution is 4.96. The quantitative estimate of drug-likeness (QED) is 0.704. The van der Waals surface area contributed by atoms with Crippen molar-refractivity contribution < 1.29 is 0 Å². The Labute approximate surface area is 114 Å². The first-order valence-corrected chi connectivity index (χ1v) is 8.35. The van der Waals surface area contributed by atoms with E-state index in [0.29, 0.717) is 0 Å². The van der Waals surface area contributed by atoms with Gasteiger partial charge in [0, 0.05) is 6.04 Å². The maximum Gasteiger partial charge on any atom is 0.0124 e. The Morgan fingerprint density at radius 1 is 1.11 bits per heavy atom. The predicted octanol–water partition coefficient (Wildman–Crippen LogP) is 4.47. The van der Waals surface area contributed by atoms with Crippen LogP contribution < -0.4 is 5.32 Å². The number of rotatable bonds is 7. The van der Waals surface area contributed by atoms with Crippen LogP contribution in [0.2, 0.25) is 0 Å². The second-order valence-electron chi connectivity index (χ2n) is 7.43. The van der Waals surface area contributed by atoms with Crippen molar-refractivity contribution in [1.29, 1.82) is 0 Å². The Morgan fingerprint density at radius 3 is 2.39 bits per heavy atom. The fourth-order valence-electron chi connectivity index (χ4n) is 4.71. The maximum atomic E-state index is 3.90. The molecule has 0 saturated heterocycles. The van der Waals surface area contributed by atoms with Gasteiger partial charge in [0.25, 0.3) is 0 Å². The Hall–Kier alpha value is -0.0400. The molecule has 2 aliphatic carbocycles. The van der Waals surface area contributed by atoms with Crippen LogP contribution in [0.25, 0.3) is 0 Å². The molecule has 2 bridgehead atoms. The lowest BCUT2D eigenvalue weighted by Crippen LogP contribution is -2.44. The monoisotopic (exact) mass is 251 g/mol. The van der Waals surface area contributed by atoms with E-state index in [0.717, 1.165) is 35.6 Å². The second-order valence-corrected chi connectivity index (χ2v) is 7.43. The van der Waals surface area contributed by atoms with Crippen LogP contribution in [0.5, 0.6) is 0 Å². The van der Waals surface area contributed by atoms with Crippen LogP contribution in [0.3, 0.4) is 0 Å². The van der Waals surface area contributed by atoms with E-state index in [9.17, 15) is 0 Å². The largest absolute Gasteiger partial charge is 0.313 e. The smallest absolute Gasteiger partial charge is 0.0124 e. The highest BCUT2D eigenvalue weighted by Crippen LogP contribution is 2.50. The standard InChI is InChI=1S/C17H33N/c1-5-8-18-17(13(4)9-12(2)3)16-11-14-6-7-15(16)10-14/h12-18H,5-11H2,1-4H3. The molecule has 2 saturated carbocycles. The zero-order chi connectivity index (χ0) is 13.1. The minimum atomic E-state index is 0.794. The maximum absolute atomic E-state index is 3.90. The Balaban J connectivity index is 1.95. The molecule has 2 fully saturated rings. The summed E-state index contributed by atoms with van der Waals surface area (Å²) in [5, 5.41) is 3.90. The molecule has 18 heavy (non-hydrogen) atoms. The average molecular weight is 251 g/mol. The van der Waals surface area contributed by atoms with Crippen molar-refractivity contribution in [1.82, 2.24) is 5.32 Å². The third kappa shape index (κ3) is 3.29. The Bertz CT molecular complexity index is 248. The first-order valence-electron chi connectivity index (χ1n) is 8.35. The fraction of sp³-hybridized carbons (Fsp3) is 1.00. The van der Waals surface area contributed by atoms with Gasteiger partial charge in [-0.05, 0) is 68.2 Å². The van der Waals surface area contributed by atoms with Gasteiger partial charge in [-0.3, -0.25) is 0 Å². The minimum absolute atomic E-state index is 0.794. The van der Waals surface area contributed by atoms with Crippen molar-refractivity contribution in [3.63, 3.8) is 0 Å². The predicted molar refractivity (Wildman–Crippen MR) is 79.6 cm³/mol. The molecule has 0 spiro atoms. The van der Waals surface area contributed by atoms with E-state index in [1.807, 2.05) is 0 Å². The second kappa shape index (κ2) is 6.41. The molecule has 1 nitrogen and oxygen atoms in total. The molecular weight excluding hydrogens is 218 g/mol. The van der Waals surface area contributed by atoms with Crippen LogP contribution in [0.4, 0.5) is 0 Å². The third-order valence-corrected chi connectivity index (χ3v) is 5.34. The van der Waals surface area contributed by atoms with Crippen LogP contribution in [0.15, 0.2) is 0 Å². The lowest BCUT2D eigenvalue weighted by atomic mass is 9.76. The van der Waals surface area contributed by atoms with Crippen molar-refractivity contribution in [2.24, 2.45) is 29.6 Å². The number of nitrogens with one attached hydrogen (secondary N) is 1. The van der Waals surface area contributed by atoms with Crippen LogP contribution in [-0.4, -0.2) is 12.6 Å². The molecular formula is C17H33N. The Morgan fingerprint density at radius 2 is 1.89 bits per heavy atom. The molecule has 2 rings (SSSR count). The molecule has 0 heterocycles. The van der Waals surface area contributed by atoms with Gasteiger partial charge in [0.1, 0.15) is 0 Å². The Kier molecular flexibility index (Phi) is 5.12. The molecule has 0 amide bonds. The van der Waals surface area contributed by atoms with Crippen LogP contribution >= 0.6 is 0 Å². The fourth-order valence-corrected chi connectivity index (χ4v) is 4.71. The third-order valence-electron chi connectivity index (χ3n) is 5.34. The van der Waals surface area contributed by atoms with E-state index < -0.39 is 0 Å². The minimum Gasteiger partial charge on any atom is -0.313 e. The van der Waals surface area contributed by atoms with Crippen LogP contribution in [0.1, 0.15) is 66.2 Å². The van der Waals surface area contributed by atoms with Gasteiger partial charge in [-0.15, -0.1) is 0 Å². The average Bonchev–Trinajstić information content (AvgIpc) is 2.90. The van der Waals surface area contributed by atoms with Gasteiger partial charge in [0.15, 0.2) is 0 Å². The summed E-state index contributed by atoms with van der Waals surface area (Å²) in [6.45, 7) is 10.7. The van der Waals surface area contributed by atoms with Gasteiger partial charge in [0.05, 0.1) is 0 Å². The van der Waals surface area contributed by atoms with Crippen LogP contribution in [-0.2, 0) is 0 Å². The van der Waals surface area contributed by atoms with Crippen molar-refractivity contribution in [2.75, 3.05) is 6.54 Å². The number of hydrogen-bond donors (Lipinski definition) is 1. The topological polar surface area (TPSA) is 12.0 Å². The number of fused-ring (bicyclic) bond motifs is 2. The molecule has 5 unspecified atom stereocenters. The van der Waals surface area contributed by atoms with Gasteiger partial charge in [-0.2, -0.15) is 0 Å². The molecule has 106 valence electrons. The normalized spacial score (nSPS) is 34.2. The van der Waals surface area contributed by atoms with Gasteiger partial charge in [0.2, 0.25) is 0 Å². The summed E-state index contributed by atoms with van der Waals surface area (Å²) in [5.74, 6) is 4.81. The zero-order valence-electron chi connectivity index (χ0n) is 12.9. The first kappa shape index (κ1) is 14.4. The van der Waals surface area contributed by atoms with Gasteiger partial charge in [-0.25, -0.2) is 0 Å². The SMILES string of the molecule is CCCNC(C(C)CC(C)C)C1CC2CCC1C2. The van der Waals surface area contributed by atoms with E-state index in [1.54, 1.807) is 6.42 Å². The summed E-state index contributed by atoms with van der Waals surface area (Å²) in [4.78, 5) is 0.